The van der Waals surface area contributed by atoms with Crippen molar-refractivity contribution in [3.05, 3.63) is 92.9 Å². The molecule has 34 heavy (non-hydrogen) atoms. The highest BCUT2D eigenvalue weighted by molar-refractivity contribution is 5.72. The van der Waals surface area contributed by atoms with Gasteiger partial charge in [-0.3, -0.25) is 14.2 Å². The van der Waals surface area contributed by atoms with Gasteiger partial charge in [0, 0.05) is 6.54 Å². The highest BCUT2D eigenvalue weighted by Crippen LogP contribution is 2.11. The van der Waals surface area contributed by atoms with Crippen LogP contribution in [0, 0.1) is 6.92 Å². The van der Waals surface area contributed by atoms with Crippen molar-refractivity contribution in [3.8, 4) is 5.75 Å². The molecule has 4 aromatic rings. The Labute approximate surface area is 195 Å². The normalized spacial score (nSPS) is 11.0. The SMILES string of the molecule is CCn1cnc2c1c(=O)n(CC(=O)OCCOc1ccc(C)cc1)c(=O)n2Cc1ccccc1. The minimum Gasteiger partial charge on any atom is -0.490 e. The van der Waals surface area contributed by atoms with E-state index in [1.807, 2.05) is 68.4 Å². The first-order chi connectivity index (χ1) is 16.5. The summed E-state index contributed by atoms with van der Waals surface area (Å²) in [6.45, 7) is 4.22. The monoisotopic (exact) mass is 462 g/mol. The van der Waals surface area contributed by atoms with Crippen LogP contribution in [-0.4, -0.2) is 37.9 Å². The quantitative estimate of drug-likeness (QED) is 0.280. The number of ether oxygens (including phenoxy) is 2. The van der Waals surface area contributed by atoms with Crippen molar-refractivity contribution >= 4 is 17.1 Å². The molecule has 0 N–H and O–H groups in total. The number of carbonyl (C=O) groups excluding carboxylic acids is 1. The highest BCUT2D eigenvalue weighted by atomic mass is 16.6. The number of rotatable bonds is 9. The fourth-order valence-corrected chi connectivity index (χ4v) is 3.65. The maximum Gasteiger partial charge on any atom is 0.333 e. The minimum absolute atomic E-state index is 0.00516. The van der Waals surface area contributed by atoms with E-state index in [9.17, 15) is 14.4 Å². The number of imidazole rings is 1. The van der Waals surface area contributed by atoms with Gasteiger partial charge in [0.25, 0.3) is 5.56 Å². The molecule has 0 aliphatic rings. The Morgan fingerprint density at radius 2 is 1.71 bits per heavy atom. The van der Waals surface area contributed by atoms with Crippen molar-refractivity contribution in [2.75, 3.05) is 13.2 Å². The van der Waals surface area contributed by atoms with Crippen LogP contribution in [0.5, 0.6) is 5.75 Å². The molecule has 0 aliphatic carbocycles. The second-order valence-electron chi connectivity index (χ2n) is 7.83. The zero-order valence-corrected chi connectivity index (χ0v) is 19.1. The fourth-order valence-electron chi connectivity index (χ4n) is 3.65. The summed E-state index contributed by atoms with van der Waals surface area (Å²) in [6.07, 6.45) is 1.53. The maximum atomic E-state index is 13.2. The first kappa shape index (κ1) is 23.0. The van der Waals surface area contributed by atoms with E-state index in [0.717, 1.165) is 15.7 Å². The molecule has 2 aromatic carbocycles. The van der Waals surface area contributed by atoms with Gasteiger partial charge in [-0.2, -0.15) is 0 Å². The molecule has 0 saturated carbocycles. The van der Waals surface area contributed by atoms with Gasteiger partial charge in [0.2, 0.25) is 0 Å². The number of benzene rings is 2. The molecule has 0 spiro atoms. The molecular formula is C25H26N4O5. The molecule has 176 valence electrons. The zero-order valence-electron chi connectivity index (χ0n) is 19.1. The average molecular weight is 463 g/mol. The van der Waals surface area contributed by atoms with E-state index in [1.54, 1.807) is 4.57 Å². The average Bonchev–Trinajstić information content (AvgIpc) is 3.28. The number of esters is 1. The standard InChI is InChI=1S/C25H26N4O5/c1-3-27-17-26-23-22(27)24(31)29(25(32)28(23)15-19-7-5-4-6-8-19)16-21(30)34-14-13-33-20-11-9-18(2)10-12-20/h4-12,17H,3,13-16H2,1-2H3. The Kier molecular flexibility index (Phi) is 6.91. The zero-order chi connectivity index (χ0) is 24.1. The Bertz CT molecular complexity index is 1400. The summed E-state index contributed by atoms with van der Waals surface area (Å²) in [5, 5.41) is 0. The predicted octanol–water partition coefficient (Wildman–Crippen LogP) is 2.36. The summed E-state index contributed by atoms with van der Waals surface area (Å²) in [6, 6.07) is 16.9. The van der Waals surface area contributed by atoms with Gasteiger partial charge in [0.1, 0.15) is 25.5 Å². The van der Waals surface area contributed by atoms with E-state index >= 15 is 0 Å². The lowest BCUT2D eigenvalue weighted by atomic mass is 10.2. The molecule has 9 nitrogen and oxygen atoms in total. The van der Waals surface area contributed by atoms with Gasteiger partial charge in [0.05, 0.1) is 12.9 Å². The van der Waals surface area contributed by atoms with Gasteiger partial charge in [0.15, 0.2) is 11.2 Å². The Hall–Kier alpha value is -4.14. The van der Waals surface area contributed by atoms with E-state index in [1.165, 1.54) is 10.9 Å². The van der Waals surface area contributed by atoms with Crippen LogP contribution in [-0.2, 0) is 29.2 Å². The summed E-state index contributed by atoms with van der Waals surface area (Å²) in [7, 11) is 0. The Balaban J connectivity index is 1.54. The van der Waals surface area contributed by atoms with Crippen molar-refractivity contribution in [3.63, 3.8) is 0 Å². The lowest BCUT2D eigenvalue weighted by molar-refractivity contribution is -0.145. The Morgan fingerprint density at radius 3 is 2.41 bits per heavy atom. The highest BCUT2D eigenvalue weighted by Gasteiger charge is 2.20. The summed E-state index contributed by atoms with van der Waals surface area (Å²) in [5.74, 6) is -0.0279. The number of nitrogens with zero attached hydrogens (tertiary/aromatic N) is 4. The van der Waals surface area contributed by atoms with Gasteiger partial charge in [-0.15, -0.1) is 0 Å². The van der Waals surface area contributed by atoms with Gasteiger partial charge >= 0.3 is 11.7 Å². The molecule has 0 amide bonds. The molecule has 0 saturated heterocycles. The van der Waals surface area contributed by atoms with Crippen LogP contribution >= 0.6 is 0 Å². The van der Waals surface area contributed by atoms with Gasteiger partial charge in [-0.25, -0.2) is 14.3 Å². The largest absolute Gasteiger partial charge is 0.490 e. The van der Waals surface area contributed by atoms with Crippen LogP contribution in [0.25, 0.3) is 11.2 Å². The first-order valence-electron chi connectivity index (χ1n) is 11.1. The van der Waals surface area contributed by atoms with E-state index in [2.05, 4.69) is 4.98 Å². The van der Waals surface area contributed by atoms with E-state index in [4.69, 9.17) is 9.47 Å². The number of hydrogen-bond donors (Lipinski definition) is 0. The lowest BCUT2D eigenvalue weighted by Crippen LogP contribution is -2.42. The topological polar surface area (TPSA) is 97.4 Å². The molecule has 2 aromatic heterocycles. The van der Waals surface area contributed by atoms with E-state index < -0.39 is 23.8 Å². The summed E-state index contributed by atoms with van der Waals surface area (Å²) in [4.78, 5) is 43.1. The van der Waals surface area contributed by atoms with Crippen LogP contribution in [0.1, 0.15) is 18.1 Å². The summed E-state index contributed by atoms with van der Waals surface area (Å²) < 4.78 is 14.7. The van der Waals surface area contributed by atoms with E-state index in [0.29, 0.717) is 12.3 Å². The van der Waals surface area contributed by atoms with Crippen molar-refractivity contribution in [2.24, 2.45) is 0 Å². The smallest absolute Gasteiger partial charge is 0.333 e. The van der Waals surface area contributed by atoms with Crippen LogP contribution in [0.15, 0.2) is 70.5 Å². The molecule has 0 radical (unpaired) electrons. The fraction of sp³-hybridized carbons (Fsp3) is 0.280. The third-order valence-electron chi connectivity index (χ3n) is 5.43. The molecular weight excluding hydrogens is 436 g/mol. The van der Waals surface area contributed by atoms with Gasteiger partial charge < -0.3 is 14.0 Å². The summed E-state index contributed by atoms with van der Waals surface area (Å²) in [5.41, 5.74) is 1.36. The molecule has 4 rings (SSSR count). The molecule has 0 fully saturated rings. The molecule has 0 atom stereocenters. The van der Waals surface area contributed by atoms with Crippen molar-refractivity contribution < 1.29 is 14.3 Å². The van der Waals surface area contributed by atoms with Crippen LogP contribution in [0.3, 0.4) is 0 Å². The number of aromatic nitrogens is 4. The molecule has 0 aliphatic heterocycles. The van der Waals surface area contributed by atoms with Crippen molar-refractivity contribution in [1.82, 2.24) is 18.7 Å². The third kappa shape index (κ3) is 4.93. The predicted molar refractivity (Wildman–Crippen MR) is 127 cm³/mol. The van der Waals surface area contributed by atoms with Crippen LogP contribution in [0.4, 0.5) is 0 Å². The molecule has 0 bridgehead atoms. The molecule has 9 heteroatoms. The van der Waals surface area contributed by atoms with Crippen molar-refractivity contribution in [1.29, 1.82) is 0 Å². The second kappa shape index (κ2) is 10.2. The minimum atomic E-state index is -0.695. The molecule has 0 unspecified atom stereocenters. The van der Waals surface area contributed by atoms with E-state index in [-0.39, 0.29) is 30.9 Å². The van der Waals surface area contributed by atoms with Gasteiger partial charge in [-0.1, -0.05) is 48.0 Å². The number of fused-ring (bicyclic) bond motifs is 1. The third-order valence-corrected chi connectivity index (χ3v) is 5.43. The maximum absolute atomic E-state index is 13.2. The van der Waals surface area contributed by atoms with Crippen LogP contribution in [0.2, 0.25) is 0 Å². The number of carbonyl (C=O) groups is 1. The Morgan fingerprint density at radius 1 is 0.971 bits per heavy atom. The van der Waals surface area contributed by atoms with Gasteiger partial charge in [-0.05, 0) is 31.5 Å². The van der Waals surface area contributed by atoms with Crippen LogP contribution < -0.4 is 16.0 Å². The number of aryl methyl sites for hydroxylation is 2. The molecule has 2 heterocycles. The second-order valence-corrected chi connectivity index (χ2v) is 7.83. The first-order valence-corrected chi connectivity index (χ1v) is 11.1. The van der Waals surface area contributed by atoms with Crippen molar-refractivity contribution in [2.45, 2.75) is 33.5 Å². The summed E-state index contributed by atoms with van der Waals surface area (Å²) >= 11 is 0. The number of hydrogen-bond acceptors (Lipinski definition) is 6. The lowest BCUT2D eigenvalue weighted by Gasteiger charge is -2.12.